The number of allylic oxidation sites excluding steroid dienone is 4. The van der Waals surface area contributed by atoms with Gasteiger partial charge in [-0.2, -0.15) is 0 Å². The molecule has 0 aromatic heterocycles. The van der Waals surface area contributed by atoms with Gasteiger partial charge in [0.25, 0.3) is 0 Å². The molecule has 0 radical (unpaired) electrons. The van der Waals surface area contributed by atoms with Crippen molar-refractivity contribution >= 4 is 5.97 Å². The summed E-state index contributed by atoms with van der Waals surface area (Å²) in [5.41, 5.74) is 2.35. The van der Waals surface area contributed by atoms with Gasteiger partial charge in [0.2, 0.25) is 6.29 Å². The van der Waals surface area contributed by atoms with Gasteiger partial charge in [0, 0.05) is 5.92 Å². The van der Waals surface area contributed by atoms with E-state index in [1.54, 1.807) is 0 Å². The molecule has 5 fully saturated rings. The lowest BCUT2D eigenvalue weighted by Gasteiger charge is -2.71. The van der Waals surface area contributed by atoms with Gasteiger partial charge >= 0.3 is 5.97 Å². The minimum atomic E-state index is -1.66. The molecular weight excluding hydrogens is 684 g/mol. The Bertz CT molecular complexity index is 1490. The van der Waals surface area contributed by atoms with Crippen LogP contribution in [0.3, 0.4) is 0 Å². The van der Waals surface area contributed by atoms with Gasteiger partial charge < -0.3 is 54.7 Å². The molecule has 53 heavy (non-hydrogen) atoms. The summed E-state index contributed by atoms with van der Waals surface area (Å²) in [4.78, 5) is 14.6. The molecule has 0 aromatic carbocycles. The topological polar surface area (TPSA) is 196 Å². The van der Waals surface area contributed by atoms with E-state index in [4.69, 9.17) is 18.9 Å². The molecule has 0 bridgehead atoms. The normalized spacial score (nSPS) is 52.3. The number of ether oxygens (including phenoxy) is 4. The van der Waals surface area contributed by atoms with E-state index in [1.165, 1.54) is 16.7 Å². The quantitative estimate of drug-likeness (QED) is 0.124. The van der Waals surface area contributed by atoms with E-state index in [0.717, 1.165) is 44.9 Å². The predicted octanol–water partition coefficient (Wildman–Crippen LogP) is 2.88. The van der Waals surface area contributed by atoms with Crippen molar-refractivity contribution in [3.63, 3.8) is 0 Å². The number of carbonyl (C=O) groups is 1. The van der Waals surface area contributed by atoms with E-state index in [-0.39, 0.29) is 40.3 Å². The van der Waals surface area contributed by atoms with Gasteiger partial charge in [-0.3, -0.25) is 4.79 Å². The molecule has 0 aromatic rings. The maximum Gasteiger partial charge on any atom is 0.315 e. The van der Waals surface area contributed by atoms with Crippen molar-refractivity contribution < 1.29 is 59.5 Å². The van der Waals surface area contributed by atoms with Crippen LogP contribution in [0.15, 0.2) is 22.8 Å². The number of fused-ring (bicyclic) bond motifs is 7. The summed E-state index contributed by atoms with van der Waals surface area (Å²) in [5, 5.41) is 72.3. The number of hydrogen-bond donors (Lipinski definition) is 7. The lowest BCUT2D eigenvalue weighted by Crippen LogP contribution is -2.65. The van der Waals surface area contributed by atoms with E-state index >= 15 is 0 Å². The van der Waals surface area contributed by atoms with Crippen molar-refractivity contribution in [3.8, 4) is 0 Å². The zero-order valence-corrected chi connectivity index (χ0v) is 32.5. The summed E-state index contributed by atoms with van der Waals surface area (Å²) in [6, 6.07) is 0. The summed E-state index contributed by atoms with van der Waals surface area (Å²) in [7, 11) is 0. The molecule has 7 rings (SSSR count). The second kappa shape index (κ2) is 13.6. The summed E-state index contributed by atoms with van der Waals surface area (Å²) in [6.07, 6.45) is -2.73. The Balaban J connectivity index is 1.17. The van der Waals surface area contributed by atoms with Crippen LogP contribution in [-0.4, -0.2) is 116 Å². The number of hydrogen-bond acceptors (Lipinski definition) is 12. The van der Waals surface area contributed by atoms with Crippen molar-refractivity contribution in [1.29, 1.82) is 0 Å². The molecule has 0 amide bonds. The first-order valence-corrected chi connectivity index (χ1v) is 20.0. The Morgan fingerprint density at radius 2 is 1.53 bits per heavy atom. The van der Waals surface area contributed by atoms with Crippen LogP contribution < -0.4 is 0 Å². The molecule has 0 spiro atoms. The van der Waals surface area contributed by atoms with Gasteiger partial charge in [-0.15, -0.1) is 0 Å². The van der Waals surface area contributed by atoms with Crippen LogP contribution in [0.25, 0.3) is 0 Å². The molecule has 300 valence electrons. The molecule has 7 aliphatic rings. The first kappa shape index (κ1) is 39.8. The Morgan fingerprint density at radius 1 is 0.830 bits per heavy atom. The Labute approximate surface area is 313 Å². The highest BCUT2D eigenvalue weighted by Gasteiger charge is 2.69. The van der Waals surface area contributed by atoms with Gasteiger partial charge in [0.1, 0.15) is 42.7 Å². The fourth-order valence-electron chi connectivity index (χ4n) is 13.1. The highest BCUT2D eigenvalue weighted by atomic mass is 16.7. The van der Waals surface area contributed by atoms with Crippen molar-refractivity contribution in [1.82, 2.24) is 0 Å². The fourth-order valence-corrected chi connectivity index (χ4v) is 13.1. The molecule has 2 saturated heterocycles. The zero-order chi connectivity index (χ0) is 38.6. The number of aliphatic hydroxyl groups excluding tert-OH is 7. The van der Waals surface area contributed by atoms with Gasteiger partial charge in [0.15, 0.2) is 6.29 Å². The Kier molecular flexibility index (Phi) is 10.2. The summed E-state index contributed by atoms with van der Waals surface area (Å²) in [6.45, 7) is 15.5. The fraction of sp³-hybridized carbons (Fsp3) is 0.878. The molecule has 3 saturated carbocycles. The molecule has 7 N–H and O–H groups in total. The second-order valence-corrected chi connectivity index (χ2v) is 19.2. The molecule has 17 atom stereocenters. The van der Waals surface area contributed by atoms with Crippen molar-refractivity contribution in [3.05, 3.63) is 22.8 Å². The molecule has 2 aliphatic heterocycles. The number of aliphatic hydroxyl groups is 7. The van der Waals surface area contributed by atoms with Crippen LogP contribution in [0.1, 0.15) is 106 Å². The first-order valence-electron chi connectivity index (χ1n) is 20.0. The lowest BCUT2D eigenvalue weighted by molar-refractivity contribution is -0.308. The third-order valence-corrected chi connectivity index (χ3v) is 16.7. The smallest absolute Gasteiger partial charge is 0.315 e. The third kappa shape index (κ3) is 5.70. The average molecular weight is 749 g/mol. The highest BCUT2D eigenvalue weighted by molar-refractivity contribution is 5.80. The summed E-state index contributed by atoms with van der Waals surface area (Å²) < 4.78 is 23.8. The van der Waals surface area contributed by atoms with Gasteiger partial charge in [-0.1, -0.05) is 57.4 Å². The van der Waals surface area contributed by atoms with Gasteiger partial charge in [-0.25, -0.2) is 0 Å². The molecule has 12 nitrogen and oxygen atoms in total. The van der Waals surface area contributed by atoms with Crippen LogP contribution in [0.4, 0.5) is 0 Å². The summed E-state index contributed by atoms with van der Waals surface area (Å²) in [5.74, 6) is 0.0425. The van der Waals surface area contributed by atoms with Crippen LogP contribution >= 0.6 is 0 Å². The van der Waals surface area contributed by atoms with Crippen LogP contribution in [0.5, 0.6) is 0 Å². The second-order valence-electron chi connectivity index (χ2n) is 19.2. The largest absolute Gasteiger partial charge is 0.432 e. The van der Waals surface area contributed by atoms with Crippen molar-refractivity contribution in [2.45, 2.75) is 168 Å². The third-order valence-electron chi connectivity index (χ3n) is 16.7. The van der Waals surface area contributed by atoms with E-state index in [1.807, 2.05) is 0 Å². The Morgan fingerprint density at radius 3 is 2.23 bits per heavy atom. The molecule has 5 aliphatic carbocycles. The monoisotopic (exact) mass is 748 g/mol. The van der Waals surface area contributed by atoms with E-state index in [2.05, 4.69) is 54.5 Å². The minimum absolute atomic E-state index is 0.00686. The van der Waals surface area contributed by atoms with Crippen LogP contribution in [-0.2, 0) is 23.7 Å². The van der Waals surface area contributed by atoms with Gasteiger partial charge in [-0.05, 0) is 105 Å². The van der Waals surface area contributed by atoms with E-state index in [0.29, 0.717) is 24.7 Å². The van der Waals surface area contributed by atoms with E-state index in [9.17, 15) is 40.5 Å². The lowest BCUT2D eigenvalue weighted by atomic mass is 9.34. The standard InChI is InChI=1S/C41H64O12/c1-20-10-15-41(36(49)53-35-33(48)31(46)30(45)24(18-42)51-35)17-16-39(6)22(28(41)21(20)2)8-9-26-38(5)13-12-27(37(3,4)25(38)11-14-40(26,39)7)52-34-32(47)29(44)23(43)19-50-34/h8,23-35,42-48H,9-19H2,1-7H3/t23-,24-,25+,26-,27+,28+,29+,30-,31+,32-,33-,34+,35+,38+,39-,40-,41+/m1/s1. The van der Waals surface area contributed by atoms with Crippen molar-refractivity contribution in [2.24, 2.45) is 44.8 Å². The Hall–Kier alpha value is -1.45. The van der Waals surface area contributed by atoms with E-state index < -0.39 is 73.3 Å². The number of esters is 1. The molecular formula is C41H64O12. The molecule has 12 heteroatoms. The van der Waals surface area contributed by atoms with Crippen LogP contribution in [0.2, 0.25) is 0 Å². The minimum Gasteiger partial charge on any atom is -0.432 e. The average Bonchev–Trinajstić information content (AvgIpc) is 3.11. The number of carbonyl (C=O) groups excluding carboxylic acids is 1. The SMILES string of the molecule is CC1=C(C)[C@H]2C3=CC[C@@H]4[C@@]5(C)CC[C@H](O[C@@H]6OC[C@@H](O)[C@H](O)[C@H]6O)C(C)(C)[C@@H]5CC[C@@]4(C)[C@]3(C)CC[C@@]2(C(=O)O[C@@H]2O[C@H](CO)[C@@H](O)[C@H](O)[C@H]2O)CC1. The number of rotatable bonds is 5. The predicted molar refractivity (Wildman–Crippen MR) is 192 cm³/mol. The maximum atomic E-state index is 14.6. The molecule has 0 unspecified atom stereocenters. The van der Waals surface area contributed by atoms with Crippen LogP contribution in [0, 0.1) is 44.8 Å². The first-order chi connectivity index (χ1) is 24.8. The highest BCUT2D eigenvalue weighted by Crippen LogP contribution is 2.75. The van der Waals surface area contributed by atoms with Gasteiger partial charge in [0.05, 0.1) is 24.7 Å². The zero-order valence-electron chi connectivity index (χ0n) is 32.5. The maximum absolute atomic E-state index is 14.6. The van der Waals surface area contributed by atoms with Crippen molar-refractivity contribution in [2.75, 3.05) is 13.2 Å². The summed E-state index contributed by atoms with van der Waals surface area (Å²) >= 11 is 0. The molecule has 2 heterocycles.